The highest BCUT2D eigenvalue weighted by atomic mass is 32.2. The zero-order valence-electron chi connectivity index (χ0n) is 4.39. The summed E-state index contributed by atoms with van der Waals surface area (Å²) in [7, 11) is 0. The molecule has 0 aliphatic carbocycles. The number of aliphatic hydroxyl groups is 3. The van der Waals surface area contributed by atoms with Crippen molar-refractivity contribution in [3.63, 3.8) is 0 Å². The highest BCUT2D eigenvalue weighted by molar-refractivity contribution is 8.02. The summed E-state index contributed by atoms with van der Waals surface area (Å²) in [5.41, 5.74) is 0. The molecule has 0 unspecified atom stereocenters. The van der Waals surface area contributed by atoms with E-state index in [-0.39, 0.29) is 5.75 Å². The van der Waals surface area contributed by atoms with Crippen LogP contribution in [0.15, 0.2) is 0 Å². The Kier molecular flexibility index (Phi) is 3.19. The first kappa shape index (κ1) is 9.93. The predicted octanol–water partition coefficient (Wildman–Crippen LogP) is -0.897. The molecule has 0 aromatic heterocycles. The molecule has 3 N–H and O–H groups in total. The third-order valence-electron chi connectivity index (χ3n) is 0.758. The van der Waals surface area contributed by atoms with Gasteiger partial charge in [-0.05, 0) is 0 Å². The van der Waals surface area contributed by atoms with E-state index in [9.17, 15) is 0 Å². The lowest BCUT2D eigenvalue weighted by Gasteiger charge is -2.29. The third kappa shape index (κ3) is 2.57. The first-order chi connectivity index (χ1) is 3.81. The summed E-state index contributed by atoms with van der Waals surface area (Å²) in [5, 5.41) is 25.4. The number of rotatable bonds is 2. The second-order valence-corrected chi connectivity index (χ2v) is 3.81. The highest BCUT2D eigenvalue weighted by Gasteiger charge is 2.41. The summed E-state index contributed by atoms with van der Waals surface area (Å²) in [6.45, 7) is 0. The molecule has 9 heavy (non-hydrogen) atoms. The summed E-state index contributed by atoms with van der Waals surface area (Å²) in [4.78, 5) is 0. The second-order valence-electron chi connectivity index (χ2n) is 1.61. The van der Waals surface area contributed by atoms with Crippen molar-refractivity contribution in [3.8, 4) is 0 Å². The van der Waals surface area contributed by atoms with Gasteiger partial charge in [-0.25, -0.2) is 0 Å². The first-order valence-corrected chi connectivity index (χ1v) is 3.56. The molecule has 3 nitrogen and oxygen atoms in total. The fourth-order valence-electron chi connectivity index (χ4n) is 0.106. The lowest BCUT2D eigenvalue weighted by atomic mass is 10.4. The van der Waals surface area contributed by atoms with Gasteiger partial charge in [-0.15, -0.1) is 0 Å². The Hall–Kier alpha value is 0.930. The minimum absolute atomic E-state index is 0.0667. The standard InChI is InChI=1S/C3H8O3S3/c4-3(5,6)2(8,9)1-7/h4-9H,1H2. The van der Waals surface area contributed by atoms with Crippen molar-refractivity contribution >= 4 is 37.9 Å². The minimum Gasteiger partial charge on any atom is -0.342 e. The molecule has 0 aromatic carbocycles. The molecular weight excluding hydrogens is 180 g/mol. The molecule has 0 rings (SSSR count). The Morgan fingerprint density at radius 1 is 1.11 bits per heavy atom. The van der Waals surface area contributed by atoms with Crippen molar-refractivity contribution in [2.75, 3.05) is 5.75 Å². The van der Waals surface area contributed by atoms with Gasteiger partial charge in [0.15, 0.2) is 0 Å². The highest BCUT2D eigenvalue weighted by Crippen LogP contribution is 2.30. The minimum atomic E-state index is -2.90. The molecule has 0 amide bonds. The van der Waals surface area contributed by atoms with E-state index in [2.05, 4.69) is 37.9 Å². The molecule has 0 bridgehead atoms. The van der Waals surface area contributed by atoms with Crippen LogP contribution in [0.25, 0.3) is 0 Å². The topological polar surface area (TPSA) is 60.7 Å². The van der Waals surface area contributed by atoms with Crippen LogP contribution in [0, 0.1) is 0 Å². The van der Waals surface area contributed by atoms with E-state index >= 15 is 0 Å². The van der Waals surface area contributed by atoms with Crippen molar-refractivity contribution in [2.45, 2.75) is 10.1 Å². The summed E-state index contributed by atoms with van der Waals surface area (Å²) in [6.07, 6.45) is 0. The van der Waals surface area contributed by atoms with E-state index in [1.54, 1.807) is 0 Å². The largest absolute Gasteiger partial charge is 0.342 e. The average Bonchev–Trinajstić information content (AvgIpc) is 1.64. The SMILES string of the molecule is OC(O)(O)C(S)(S)CS. The lowest BCUT2D eigenvalue weighted by molar-refractivity contribution is -0.312. The second kappa shape index (κ2) is 2.89. The maximum absolute atomic E-state index is 8.45. The van der Waals surface area contributed by atoms with Crippen molar-refractivity contribution in [1.82, 2.24) is 0 Å². The van der Waals surface area contributed by atoms with Crippen molar-refractivity contribution < 1.29 is 15.3 Å². The molecule has 0 atom stereocenters. The fourth-order valence-corrected chi connectivity index (χ4v) is 0.318. The van der Waals surface area contributed by atoms with Crippen LogP contribution in [0.1, 0.15) is 0 Å². The molecule has 0 spiro atoms. The van der Waals surface area contributed by atoms with E-state index in [0.717, 1.165) is 0 Å². The Morgan fingerprint density at radius 3 is 1.44 bits per heavy atom. The predicted molar refractivity (Wildman–Crippen MR) is 43.9 cm³/mol. The van der Waals surface area contributed by atoms with E-state index < -0.39 is 10.1 Å². The first-order valence-electron chi connectivity index (χ1n) is 2.04. The maximum atomic E-state index is 8.45. The van der Waals surface area contributed by atoms with Crippen molar-refractivity contribution in [2.24, 2.45) is 0 Å². The normalized spacial score (nSPS) is 14.0. The molecule has 6 heteroatoms. The summed E-state index contributed by atoms with van der Waals surface area (Å²) in [5.74, 6) is -2.97. The molecule has 0 aliphatic heterocycles. The van der Waals surface area contributed by atoms with Gasteiger partial charge in [-0.3, -0.25) is 0 Å². The smallest absolute Gasteiger partial charge is 0.301 e. The van der Waals surface area contributed by atoms with Crippen LogP contribution in [-0.4, -0.2) is 31.1 Å². The van der Waals surface area contributed by atoms with Crippen LogP contribution in [0.3, 0.4) is 0 Å². The molecule has 56 valence electrons. The van der Waals surface area contributed by atoms with Gasteiger partial charge in [0.1, 0.15) is 4.08 Å². The monoisotopic (exact) mass is 188 g/mol. The Balaban J connectivity index is 4.14. The molecule has 0 aliphatic rings. The van der Waals surface area contributed by atoms with Gasteiger partial charge in [0.05, 0.1) is 0 Å². The molecule has 0 saturated carbocycles. The van der Waals surface area contributed by atoms with Crippen LogP contribution in [-0.2, 0) is 0 Å². The van der Waals surface area contributed by atoms with Gasteiger partial charge in [0, 0.05) is 5.75 Å². The van der Waals surface area contributed by atoms with Crippen molar-refractivity contribution in [1.29, 1.82) is 0 Å². The Morgan fingerprint density at radius 2 is 1.44 bits per heavy atom. The van der Waals surface area contributed by atoms with Crippen molar-refractivity contribution in [3.05, 3.63) is 0 Å². The van der Waals surface area contributed by atoms with E-state index in [1.807, 2.05) is 0 Å². The molecule has 0 radical (unpaired) electrons. The van der Waals surface area contributed by atoms with Crippen LogP contribution in [0.5, 0.6) is 0 Å². The number of thiol groups is 3. The van der Waals surface area contributed by atoms with Crippen LogP contribution in [0.4, 0.5) is 0 Å². The van der Waals surface area contributed by atoms with Gasteiger partial charge >= 0.3 is 5.97 Å². The van der Waals surface area contributed by atoms with Gasteiger partial charge in [-0.1, -0.05) is 0 Å². The number of hydrogen-bond donors (Lipinski definition) is 6. The molecule has 0 saturated heterocycles. The zero-order valence-corrected chi connectivity index (χ0v) is 7.07. The fraction of sp³-hybridized carbons (Fsp3) is 1.00. The zero-order chi connectivity index (χ0) is 7.71. The number of hydrogen-bond acceptors (Lipinski definition) is 6. The molecular formula is C3H8O3S3. The van der Waals surface area contributed by atoms with Gasteiger partial charge in [0.25, 0.3) is 0 Å². The Bertz CT molecular complexity index is 97.0. The maximum Gasteiger partial charge on any atom is 0.301 e. The third-order valence-corrected chi connectivity index (χ3v) is 2.65. The molecule has 0 heterocycles. The van der Waals surface area contributed by atoms with Crippen LogP contribution in [0.2, 0.25) is 0 Å². The summed E-state index contributed by atoms with van der Waals surface area (Å²) >= 11 is 10.9. The summed E-state index contributed by atoms with van der Waals surface area (Å²) in [6, 6.07) is 0. The quantitative estimate of drug-likeness (QED) is 0.252. The summed E-state index contributed by atoms with van der Waals surface area (Å²) < 4.78 is -1.60. The van der Waals surface area contributed by atoms with E-state index in [1.165, 1.54) is 0 Å². The van der Waals surface area contributed by atoms with Gasteiger partial charge in [0.2, 0.25) is 0 Å². The average molecular weight is 188 g/mol. The Labute approximate surface area is 69.3 Å². The van der Waals surface area contributed by atoms with E-state index in [4.69, 9.17) is 15.3 Å². The molecule has 0 fully saturated rings. The van der Waals surface area contributed by atoms with Gasteiger partial charge in [-0.2, -0.15) is 37.9 Å². The van der Waals surface area contributed by atoms with Gasteiger partial charge < -0.3 is 15.3 Å². The van der Waals surface area contributed by atoms with Crippen LogP contribution >= 0.6 is 37.9 Å². The van der Waals surface area contributed by atoms with Crippen LogP contribution < -0.4 is 0 Å². The molecule has 0 aromatic rings. The van der Waals surface area contributed by atoms with E-state index in [0.29, 0.717) is 0 Å². The lowest BCUT2D eigenvalue weighted by Crippen LogP contribution is -2.47.